The summed E-state index contributed by atoms with van der Waals surface area (Å²) in [6, 6.07) is 4.40. The Bertz CT molecular complexity index is 529. The highest BCUT2D eigenvalue weighted by Crippen LogP contribution is 2.28. The average Bonchev–Trinajstić information content (AvgIpc) is 2.35. The van der Waals surface area contributed by atoms with E-state index in [9.17, 15) is 13.5 Å². The molecule has 0 saturated heterocycles. The lowest BCUT2D eigenvalue weighted by atomic mass is 10.3. The molecular formula is C12H20N2O4S. The molecule has 1 rings (SSSR count). The number of nitrogen functional groups attached to an aromatic ring is 1. The van der Waals surface area contributed by atoms with E-state index in [0.717, 1.165) is 0 Å². The van der Waals surface area contributed by atoms with Crippen LogP contribution >= 0.6 is 0 Å². The molecule has 1 aromatic carbocycles. The van der Waals surface area contributed by atoms with Gasteiger partial charge in [-0.15, -0.1) is 0 Å². The van der Waals surface area contributed by atoms with Crippen LogP contribution in [-0.2, 0) is 10.0 Å². The zero-order valence-corrected chi connectivity index (χ0v) is 12.1. The lowest BCUT2D eigenvalue weighted by Gasteiger charge is -2.19. The molecule has 0 heterocycles. The molecule has 19 heavy (non-hydrogen) atoms. The van der Waals surface area contributed by atoms with E-state index in [4.69, 9.17) is 10.5 Å². The Morgan fingerprint density at radius 2 is 2.11 bits per heavy atom. The number of sulfonamides is 1. The van der Waals surface area contributed by atoms with Gasteiger partial charge in [0.25, 0.3) is 0 Å². The van der Waals surface area contributed by atoms with Gasteiger partial charge < -0.3 is 15.6 Å². The van der Waals surface area contributed by atoms with Crippen LogP contribution in [0.2, 0.25) is 0 Å². The fourth-order valence-corrected chi connectivity index (χ4v) is 2.87. The standard InChI is InChI=1S/C12H20N2O4S/c1-9(15)6-7-14(2)19(16,17)12-5-4-10(13)8-11(12)18-3/h4-5,8-9,15H,6-7,13H2,1-3H3. The van der Waals surface area contributed by atoms with Gasteiger partial charge in [-0.1, -0.05) is 0 Å². The summed E-state index contributed by atoms with van der Waals surface area (Å²) >= 11 is 0. The number of aliphatic hydroxyl groups is 1. The minimum atomic E-state index is -3.65. The Morgan fingerprint density at radius 3 is 2.63 bits per heavy atom. The van der Waals surface area contributed by atoms with Crippen LogP contribution in [0.15, 0.2) is 23.1 Å². The van der Waals surface area contributed by atoms with Crippen molar-refractivity contribution in [3.8, 4) is 5.75 Å². The monoisotopic (exact) mass is 288 g/mol. The van der Waals surface area contributed by atoms with Gasteiger partial charge in [0, 0.05) is 25.3 Å². The van der Waals surface area contributed by atoms with Gasteiger partial charge in [0.15, 0.2) is 0 Å². The Balaban J connectivity index is 3.06. The highest BCUT2D eigenvalue weighted by molar-refractivity contribution is 7.89. The van der Waals surface area contributed by atoms with Gasteiger partial charge in [0.05, 0.1) is 13.2 Å². The minimum Gasteiger partial charge on any atom is -0.495 e. The first kappa shape index (κ1) is 15.7. The van der Waals surface area contributed by atoms with Gasteiger partial charge in [-0.3, -0.25) is 0 Å². The van der Waals surface area contributed by atoms with E-state index in [0.29, 0.717) is 12.1 Å². The smallest absolute Gasteiger partial charge is 0.246 e. The summed E-state index contributed by atoms with van der Waals surface area (Å²) < 4.78 is 31.0. The van der Waals surface area contributed by atoms with Crippen molar-refractivity contribution in [2.24, 2.45) is 0 Å². The molecular weight excluding hydrogens is 268 g/mol. The third-order valence-corrected chi connectivity index (χ3v) is 4.63. The highest BCUT2D eigenvalue weighted by atomic mass is 32.2. The van der Waals surface area contributed by atoms with Crippen molar-refractivity contribution in [1.29, 1.82) is 0 Å². The Labute approximate surface area is 113 Å². The molecule has 1 aromatic rings. The van der Waals surface area contributed by atoms with Crippen molar-refractivity contribution in [1.82, 2.24) is 4.31 Å². The maximum absolute atomic E-state index is 12.4. The van der Waals surface area contributed by atoms with Crippen LogP contribution in [0.1, 0.15) is 13.3 Å². The molecule has 0 aliphatic rings. The molecule has 0 aliphatic carbocycles. The van der Waals surface area contributed by atoms with Crippen molar-refractivity contribution in [2.45, 2.75) is 24.3 Å². The van der Waals surface area contributed by atoms with E-state index in [-0.39, 0.29) is 17.2 Å². The fourth-order valence-electron chi connectivity index (χ4n) is 1.55. The average molecular weight is 288 g/mol. The molecule has 3 N–H and O–H groups in total. The van der Waals surface area contributed by atoms with Crippen LogP contribution in [0.4, 0.5) is 5.69 Å². The normalized spacial score (nSPS) is 13.5. The number of aliphatic hydroxyl groups excluding tert-OH is 1. The lowest BCUT2D eigenvalue weighted by Crippen LogP contribution is -2.29. The largest absolute Gasteiger partial charge is 0.495 e. The van der Waals surface area contributed by atoms with Crippen LogP contribution in [0, 0.1) is 0 Å². The highest BCUT2D eigenvalue weighted by Gasteiger charge is 2.24. The van der Waals surface area contributed by atoms with E-state index >= 15 is 0 Å². The molecule has 0 amide bonds. The zero-order valence-electron chi connectivity index (χ0n) is 11.3. The predicted molar refractivity (Wildman–Crippen MR) is 73.5 cm³/mol. The molecule has 108 valence electrons. The summed E-state index contributed by atoms with van der Waals surface area (Å²) in [5.74, 6) is 0.212. The third-order valence-electron chi connectivity index (χ3n) is 2.74. The minimum absolute atomic E-state index is 0.0669. The molecule has 0 fully saturated rings. The second-order valence-electron chi connectivity index (χ2n) is 4.37. The number of rotatable bonds is 6. The van der Waals surface area contributed by atoms with Crippen LogP contribution in [0.3, 0.4) is 0 Å². The molecule has 0 aliphatic heterocycles. The second-order valence-corrected chi connectivity index (χ2v) is 6.39. The number of methoxy groups -OCH3 is 1. The van der Waals surface area contributed by atoms with Crippen molar-refractivity contribution in [3.05, 3.63) is 18.2 Å². The molecule has 0 saturated carbocycles. The Morgan fingerprint density at radius 1 is 1.47 bits per heavy atom. The maximum Gasteiger partial charge on any atom is 0.246 e. The number of hydrogen-bond donors (Lipinski definition) is 2. The second kappa shape index (κ2) is 6.23. The van der Waals surface area contributed by atoms with Gasteiger partial charge in [0.2, 0.25) is 10.0 Å². The van der Waals surface area contributed by atoms with E-state index in [2.05, 4.69) is 0 Å². The molecule has 0 spiro atoms. The van der Waals surface area contributed by atoms with Gasteiger partial charge in [0.1, 0.15) is 10.6 Å². The predicted octanol–water partition coefficient (Wildman–Crippen LogP) is 0.669. The SMILES string of the molecule is COc1cc(N)ccc1S(=O)(=O)N(C)CCC(C)O. The van der Waals surface area contributed by atoms with Gasteiger partial charge in [-0.05, 0) is 25.5 Å². The molecule has 0 aromatic heterocycles. The van der Waals surface area contributed by atoms with Gasteiger partial charge >= 0.3 is 0 Å². The lowest BCUT2D eigenvalue weighted by molar-refractivity contribution is 0.177. The van der Waals surface area contributed by atoms with E-state index < -0.39 is 16.1 Å². The number of nitrogens with zero attached hydrogens (tertiary/aromatic N) is 1. The van der Waals surface area contributed by atoms with Crippen molar-refractivity contribution >= 4 is 15.7 Å². The first-order valence-corrected chi connectivity index (χ1v) is 7.31. The van der Waals surface area contributed by atoms with E-state index in [1.807, 2.05) is 0 Å². The van der Waals surface area contributed by atoms with Gasteiger partial charge in [-0.25, -0.2) is 12.7 Å². The van der Waals surface area contributed by atoms with Crippen LogP contribution in [-0.4, -0.2) is 44.6 Å². The number of benzene rings is 1. The molecule has 0 radical (unpaired) electrons. The molecule has 1 unspecified atom stereocenters. The van der Waals surface area contributed by atoms with Crippen molar-refractivity contribution < 1.29 is 18.3 Å². The molecule has 0 bridgehead atoms. The summed E-state index contributed by atoms with van der Waals surface area (Å²) in [5, 5.41) is 9.21. The number of ether oxygens (including phenoxy) is 1. The quantitative estimate of drug-likeness (QED) is 0.750. The third kappa shape index (κ3) is 3.82. The summed E-state index contributed by atoms with van der Waals surface area (Å²) in [6.45, 7) is 1.85. The van der Waals surface area contributed by atoms with Crippen LogP contribution < -0.4 is 10.5 Å². The van der Waals surface area contributed by atoms with Crippen molar-refractivity contribution in [2.75, 3.05) is 26.4 Å². The topological polar surface area (TPSA) is 92.9 Å². The number of hydrogen-bond acceptors (Lipinski definition) is 5. The summed E-state index contributed by atoms with van der Waals surface area (Å²) in [4.78, 5) is 0.0669. The molecule has 1 atom stereocenters. The first-order valence-electron chi connectivity index (χ1n) is 5.87. The van der Waals surface area contributed by atoms with Gasteiger partial charge in [-0.2, -0.15) is 0 Å². The molecule has 7 heteroatoms. The Kier molecular flexibility index (Phi) is 5.16. The zero-order chi connectivity index (χ0) is 14.6. The van der Waals surface area contributed by atoms with E-state index in [1.54, 1.807) is 6.92 Å². The summed E-state index contributed by atoms with van der Waals surface area (Å²) in [6.07, 6.45) is -0.182. The summed E-state index contributed by atoms with van der Waals surface area (Å²) in [5.41, 5.74) is 6.03. The Hall–Kier alpha value is -1.31. The first-order chi connectivity index (χ1) is 8.78. The summed E-state index contributed by atoms with van der Waals surface area (Å²) in [7, 11) is -0.794. The van der Waals surface area contributed by atoms with Crippen molar-refractivity contribution in [3.63, 3.8) is 0 Å². The maximum atomic E-state index is 12.4. The number of anilines is 1. The fraction of sp³-hybridized carbons (Fsp3) is 0.500. The number of nitrogens with two attached hydrogens (primary N) is 1. The molecule has 6 nitrogen and oxygen atoms in total. The van der Waals surface area contributed by atoms with Crippen LogP contribution in [0.5, 0.6) is 5.75 Å². The van der Waals surface area contributed by atoms with Crippen LogP contribution in [0.25, 0.3) is 0 Å². The van der Waals surface area contributed by atoms with E-state index in [1.165, 1.54) is 36.7 Å².